The average Bonchev–Trinajstić information content (AvgIpc) is 3.92. The summed E-state index contributed by atoms with van der Waals surface area (Å²) in [6, 6.07) is 20.2. The topological polar surface area (TPSA) is 94.5 Å². The Balaban J connectivity index is 0.000000304. The highest BCUT2D eigenvalue weighted by molar-refractivity contribution is 7.78. The molecule has 2 aromatic carbocycles. The van der Waals surface area contributed by atoms with Crippen molar-refractivity contribution in [1.82, 2.24) is 0 Å². The maximum absolute atomic E-state index is 15.0. The molecule has 0 aromatic heterocycles. The standard InChI is InChI=1S/C36H63O4PSi3.C34H58O3Si/c1-34(2,3)43(11,12)38-32-27-29(25-26-41(37,30-21-17-15-18-22-30)31-23-19-16-20-24-31)28-33(36(32,7)40-42(8,9)10)39-44(13,14)35(4,5)6;1-10-32(4,11-2)21-13-12-15-25(3)28-19-20-29-27(16-14-22-33(28,29)5)18-17-26-23-30(35)34(6,31(36)24-26)37-38(7,8)9/h15-24,29,32-33H,25-28H2,1-14H3;12-13,15,17-18,21,25,28-31,35-36H,10-11,14,16,19-20,22-24H2,1-9H3/b;15-12+,21-13+,26-17?,27-18+/t29?,32-,33-,36?;25-,28?,29?,30-,31-,33?,34?/m11/s1. The maximum atomic E-state index is 15.0. The van der Waals surface area contributed by atoms with E-state index in [0.29, 0.717) is 47.6 Å². The van der Waals surface area contributed by atoms with Gasteiger partial charge in [0.25, 0.3) is 0 Å². The Morgan fingerprint density at radius 1 is 0.671 bits per heavy atom. The van der Waals surface area contributed by atoms with E-state index in [1.165, 1.54) is 44.9 Å². The molecule has 7 nitrogen and oxygen atoms in total. The molecule has 6 rings (SSSR count). The van der Waals surface area contributed by atoms with Gasteiger partial charge in [-0.25, -0.2) is 0 Å². The van der Waals surface area contributed by atoms with Crippen LogP contribution in [-0.4, -0.2) is 85.3 Å². The third kappa shape index (κ3) is 17.5. The minimum atomic E-state index is -2.82. The quantitative estimate of drug-likeness (QED) is 0.0775. The summed E-state index contributed by atoms with van der Waals surface area (Å²) in [5, 5.41) is 24.0. The molecule has 12 heteroatoms. The van der Waals surface area contributed by atoms with Crippen LogP contribution in [0, 0.1) is 34.5 Å². The van der Waals surface area contributed by atoms with Gasteiger partial charge < -0.3 is 32.5 Å². The minimum Gasteiger partial charge on any atom is -0.411 e. The molecule has 0 bridgehead atoms. The summed E-state index contributed by atoms with van der Waals surface area (Å²) in [4.78, 5) is 0. The van der Waals surface area contributed by atoms with Crippen molar-refractivity contribution in [3.8, 4) is 0 Å². The Bertz CT molecular complexity index is 2430. The summed E-state index contributed by atoms with van der Waals surface area (Å²) in [5.41, 5.74) is 1.97. The fourth-order valence-electron chi connectivity index (χ4n) is 13.6. The second kappa shape index (κ2) is 27.3. The predicted molar refractivity (Wildman–Crippen MR) is 363 cm³/mol. The zero-order chi connectivity index (χ0) is 61.8. The summed E-state index contributed by atoms with van der Waals surface area (Å²) < 4.78 is 43.2. The molecule has 464 valence electrons. The van der Waals surface area contributed by atoms with Gasteiger partial charge in [-0.05, 0) is 201 Å². The van der Waals surface area contributed by atoms with E-state index in [1.807, 2.05) is 67.6 Å². The van der Waals surface area contributed by atoms with Gasteiger partial charge in [-0.3, -0.25) is 0 Å². The number of allylic oxidation sites excluding steroid dienone is 7. The first-order chi connectivity index (χ1) is 37.6. The van der Waals surface area contributed by atoms with E-state index >= 15 is 0 Å². The van der Waals surface area contributed by atoms with Crippen LogP contribution in [0.1, 0.15) is 167 Å². The van der Waals surface area contributed by atoms with Crippen molar-refractivity contribution in [3.63, 3.8) is 0 Å². The van der Waals surface area contributed by atoms with Gasteiger partial charge in [0.05, 0.1) is 24.4 Å². The van der Waals surface area contributed by atoms with E-state index in [9.17, 15) is 14.8 Å². The Morgan fingerprint density at radius 2 is 1.13 bits per heavy atom. The molecule has 4 aliphatic rings. The van der Waals surface area contributed by atoms with Crippen LogP contribution in [0.2, 0.25) is 75.5 Å². The van der Waals surface area contributed by atoms with E-state index < -0.39 is 63.8 Å². The lowest BCUT2D eigenvalue weighted by Crippen LogP contribution is -2.66. The highest BCUT2D eigenvalue weighted by Crippen LogP contribution is 2.60. The molecule has 3 unspecified atom stereocenters. The molecular weight excluding hydrogens is 1100 g/mol. The van der Waals surface area contributed by atoms with E-state index in [4.69, 9.17) is 17.7 Å². The van der Waals surface area contributed by atoms with Gasteiger partial charge in [0.1, 0.15) is 18.3 Å². The van der Waals surface area contributed by atoms with Crippen LogP contribution in [0.15, 0.2) is 108 Å². The van der Waals surface area contributed by atoms with Gasteiger partial charge in [0, 0.05) is 16.8 Å². The van der Waals surface area contributed by atoms with Crippen molar-refractivity contribution in [2.75, 3.05) is 6.16 Å². The molecule has 0 heterocycles. The third-order valence-corrected chi connectivity index (χ3v) is 35.4. The maximum Gasteiger partial charge on any atom is 0.192 e. The Labute approximate surface area is 507 Å². The summed E-state index contributed by atoms with van der Waals surface area (Å²) in [6.45, 7) is 52.6. The minimum absolute atomic E-state index is 0.0755. The number of fused-ring (bicyclic) bond motifs is 1. The fourth-order valence-corrected chi connectivity index (χ4v) is 22.4. The second-order valence-corrected chi connectivity index (χ2v) is 53.2. The first-order valence-corrected chi connectivity index (χ1v) is 46.7. The molecule has 4 saturated carbocycles. The number of aliphatic hydroxyl groups excluding tert-OH is 2. The van der Waals surface area contributed by atoms with Crippen LogP contribution in [-0.2, 0) is 22.3 Å². The van der Waals surface area contributed by atoms with Crippen LogP contribution in [0.25, 0.3) is 0 Å². The molecule has 2 aromatic rings. The first-order valence-electron chi connectivity index (χ1n) is 32.2. The monoisotopic (exact) mass is 1220 g/mol. The smallest absolute Gasteiger partial charge is 0.192 e. The van der Waals surface area contributed by atoms with Gasteiger partial charge in [-0.15, -0.1) is 0 Å². The van der Waals surface area contributed by atoms with Gasteiger partial charge in [0.15, 0.2) is 33.3 Å². The molecule has 82 heavy (non-hydrogen) atoms. The van der Waals surface area contributed by atoms with Crippen molar-refractivity contribution in [2.24, 2.45) is 34.5 Å². The summed E-state index contributed by atoms with van der Waals surface area (Å²) in [6.07, 6.45) is 25.6. The Morgan fingerprint density at radius 3 is 1.57 bits per heavy atom. The van der Waals surface area contributed by atoms with Crippen molar-refractivity contribution in [3.05, 3.63) is 108 Å². The summed E-state index contributed by atoms with van der Waals surface area (Å²) in [7, 11) is -11.0. The van der Waals surface area contributed by atoms with Crippen LogP contribution in [0.3, 0.4) is 0 Å². The first kappa shape index (κ1) is 71.0. The highest BCUT2D eigenvalue weighted by atomic mass is 31.2. The molecule has 0 spiro atoms. The summed E-state index contributed by atoms with van der Waals surface area (Å²) in [5.74, 6) is 2.26. The summed E-state index contributed by atoms with van der Waals surface area (Å²) >= 11 is 0. The van der Waals surface area contributed by atoms with Crippen molar-refractivity contribution < 1.29 is 32.5 Å². The van der Waals surface area contributed by atoms with E-state index in [0.717, 1.165) is 41.4 Å². The molecule has 2 N–H and O–H groups in total. The third-order valence-electron chi connectivity index (χ3n) is 21.2. The molecule has 4 aliphatic carbocycles. The van der Waals surface area contributed by atoms with Gasteiger partial charge in [-0.2, -0.15) is 0 Å². The van der Waals surface area contributed by atoms with Gasteiger partial charge in [0.2, 0.25) is 0 Å². The highest BCUT2D eigenvalue weighted by Gasteiger charge is 2.57. The lowest BCUT2D eigenvalue weighted by molar-refractivity contribution is -0.146. The van der Waals surface area contributed by atoms with E-state index in [2.05, 4.69) is 185 Å². The molecular formula is C70H121O7PSi4. The van der Waals surface area contributed by atoms with E-state index in [1.54, 1.807) is 5.57 Å². The van der Waals surface area contributed by atoms with Crippen LogP contribution in [0.4, 0.5) is 0 Å². The number of aliphatic hydroxyl groups is 2. The van der Waals surface area contributed by atoms with Crippen molar-refractivity contribution >= 4 is 51.0 Å². The lowest BCUT2D eigenvalue weighted by Gasteiger charge is -2.56. The van der Waals surface area contributed by atoms with Crippen LogP contribution in [0.5, 0.6) is 0 Å². The Kier molecular flexibility index (Phi) is 23.7. The van der Waals surface area contributed by atoms with Gasteiger partial charge in [-0.1, -0.05) is 184 Å². The van der Waals surface area contributed by atoms with E-state index in [-0.39, 0.29) is 22.3 Å². The molecule has 0 aliphatic heterocycles. The Hall–Kier alpha value is -1.74. The zero-order valence-corrected chi connectivity index (χ0v) is 61.3. The van der Waals surface area contributed by atoms with Crippen LogP contribution < -0.4 is 10.6 Å². The predicted octanol–water partition coefficient (Wildman–Crippen LogP) is 18.9. The number of benzene rings is 2. The average molecular weight is 1220 g/mol. The SMILES string of the molecule is CC1(O[Si](C)(C)C)[C@H](O[Si](C)(C)C(C)(C)C)CC(CCP(=O)(c2ccccc2)c2ccccc2)C[C@H]1O[Si](C)(C)C(C)(C)C.CCC(C)(/C=C/C=C/[C@@H](C)C1CCC2/C(=C/C=C3C[C@@H](O)C(C)(O[Si](C)(C)C)[C@H](O)C3)CCCC21C)CC. The second-order valence-electron chi connectivity index (χ2n) is 31.9. The fraction of sp³-hybridized carbons (Fsp3) is 0.714. The largest absolute Gasteiger partial charge is 0.411 e. The molecule has 4 fully saturated rings. The van der Waals surface area contributed by atoms with Gasteiger partial charge >= 0.3 is 0 Å². The lowest BCUT2D eigenvalue weighted by atomic mass is 9.61. The molecule has 8 atom stereocenters. The number of rotatable bonds is 20. The van der Waals surface area contributed by atoms with Crippen molar-refractivity contribution in [1.29, 1.82) is 0 Å². The molecule has 0 radical (unpaired) electrons. The normalized spacial score (nSPS) is 30.1. The molecule has 0 saturated heterocycles. The zero-order valence-electron chi connectivity index (χ0n) is 56.4. The van der Waals surface area contributed by atoms with Crippen molar-refractivity contribution in [2.45, 2.75) is 278 Å². The number of hydrogen-bond donors (Lipinski definition) is 2. The molecule has 0 amide bonds. The van der Waals surface area contributed by atoms with Crippen LogP contribution >= 0.6 is 7.14 Å². The number of hydrogen-bond acceptors (Lipinski definition) is 7.